The van der Waals surface area contributed by atoms with Gasteiger partial charge in [-0.25, -0.2) is 4.98 Å². The van der Waals surface area contributed by atoms with Crippen molar-refractivity contribution < 1.29 is 0 Å². The first-order chi connectivity index (χ1) is 9.99. The number of nitrogens with zero attached hydrogens (tertiary/aromatic N) is 2. The van der Waals surface area contributed by atoms with Crippen LogP contribution in [0.25, 0.3) is 11.2 Å². The normalized spacial score (nSPS) is 17.9. The van der Waals surface area contributed by atoms with Crippen molar-refractivity contribution in [2.24, 2.45) is 11.3 Å². The van der Waals surface area contributed by atoms with E-state index in [0.717, 1.165) is 32.9 Å². The van der Waals surface area contributed by atoms with Crippen LogP contribution in [0, 0.1) is 16.1 Å². The number of nitrogens with one attached hydrogen (secondary N) is 1. The van der Waals surface area contributed by atoms with Crippen molar-refractivity contribution in [3.63, 3.8) is 0 Å². The van der Waals surface area contributed by atoms with E-state index < -0.39 is 0 Å². The first-order valence-electron chi connectivity index (χ1n) is 7.73. The van der Waals surface area contributed by atoms with Gasteiger partial charge < -0.3 is 9.55 Å². The molecule has 2 heterocycles. The minimum Gasteiger partial charge on any atom is -0.329 e. The average Bonchev–Trinajstić information content (AvgIpc) is 2.95. The molecule has 1 N–H and O–H groups in total. The molecule has 2 aromatic heterocycles. The van der Waals surface area contributed by atoms with E-state index in [2.05, 4.69) is 50.4 Å². The number of imidazole rings is 1. The molecule has 3 rings (SSSR count). The number of aromatic nitrogens is 3. The summed E-state index contributed by atoms with van der Waals surface area (Å²) in [6.45, 7) is 5.65. The molecule has 1 saturated carbocycles. The van der Waals surface area contributed by atoms with Crippen LogP contribution in [0.15, 0.2) is 16.7 Å². The van der Waals surface area contributed by atoms with E-state index >= 15 is 0 Å². The van der Waals surface area contributed by atoms with Gasteiger partial charge in [-0.3, -0.25) is 0 Å². The van der Waals surface area contributed by atoms with Gasteiger partial charge in [-0.1, -0.05) is 26.7 Å². The first-order valence-corrected chi connectivity index (χ1v) is 8.93. The Bertz CT molecular complexity index is 695. The first kappa shape index (κ1) is 15.2. The van der Waals surface area contributed by atoms with Gasteiger partial charge in [-0.15, -0.1) is 0 Å². The second kappa shape index (κ2) is 5.84. The molecule has 0 bridgehead atoms. The summed E-state index contributed by atoms with van der Waals surface area (Å²) >= 11 is 9.02. The van der Waals surface area contributed by atoms with Crippen LogP contribution in [0.2, 0.25) is 0 Å². The van der Waals surface area contributed by atoms with Crippen molar-refractivity contribution in [1.29, 1.82) is 0 Å². The summed E-state index contributed by atoms with van der Waals surface area (Å²) in [5, 5.41) is 0. The molecule has 1 aliphatic carbocycles. The van der Waals surface area contributed by atoms with Crippen LogP contribution < -0.4 is 0 Å². The lowest BCUT2D eigenvalue weighted by molar-refractivity contribution is 0.198. The Hall–Kier alpha value is -0.680. The Morgan fingerprint density at radius 3 is 2.81 bits per heavy atom. The smallest absolute Gasteiger partial charge is 0.179 e. The molecule has 0 spiro atoms. The number of halogens is 1. The fourth-order valence-corrected chi connectivity index (χ4v) is 4.51. The Kier molecular flexibility index (Phi) is 4.23. The molecule has 0 atom stereocenters. The molecular weight excluding hydrogens is 346 g/mol. The van der Waals surface area contributed by atoms with Crippen LogP contribution in [-0.2, 0) is 6.54 Å². The Morgan fingerprint density at radius 2 is 2.14 bits per heavy atom. The molecule has 0 saturated heterocycles. The van der Waals surface area contributed by atoms with Crippen LogP contribution in [0.4, 0.5) is 0 Å². The third kappa shape index (κ3) is 3.09. The number of fused-ring (bicyclic) bond motifs is 1. The maximum atomic E-state index is 5.55. The SMILES string of the molecule is CC(C)CC1(Cn2c(=S)[nH]c3cc(Br)cnc32)CCCC1. The molecular formula is C16H22BrN3S. The van der Waals surface area contributed by atoms with E-state index in [0.29, 0.717) is 5.41 Å². The van der Waals surface area contributed by atoms with Crippen molar-refractivity contribution >= 4 is 39.3 Å². The van der Waals surface area contributed by atoms with E-state index in [1.165, 1.54) is 32.1 Å². The standard InChI is InChI=1S/C16H22BrN3S/c1-11(2)8-16(5-3-4-6-16)10-20-14-13(19-15(20)21)7-12(17)9-18-14/h7,9,11H,3-6,8,10H2,1-2H3,(H,19,21). The van der Waals surface area contributed by atoms with Gasteiger partial charge in [0.25, 0.3) is 0 Å². The molecule has 1 fully saturated rings. The van der Waals surface area contributed by atoms with Crippen molar-refractivity contribution in [2.75, 3.05) is 0 Å². The highest BCUT2D eigenvalue weighted by Crippen LogP contribution is 2.45. The highest BCUT2D eigenvalue weighted by molar-refractivity contribution is 9.10. The minimum atomic E-state index is 0.399. The minimum absolute atomic E-state index is 0.399. The monoisotopic (exact) mass is 367 g/mol. The van der Waals surface area contributed by atoms with E-state index in [1.807, 2.05) is 6.20 Å². The van der Waals surface area contributed by atoms with Gasteiger partial charge in [-0.2, -0.15) is 0 Å². The van der Waals surface area contributed by atoms with Gasteiger partial charge in [0.15, 0.2) is 10.4 Å². The lowest BCUT2D eigenvalue weighted by atomic mass is 9.78. The Morgan fingerprint density at radius 1 is 1.43 bits per heavy atom. The molecule has 114 valence electrons. The van der Waals surface area contributed by atoms with Crippen LogP contribution in [0.1, 0.15) is 46.0 Å². The van der Waals surface area contributed by atoms with Crippen molar-refractivity contribution in [2.45, 2.75) is 52.5 Å². The number of pyridine rings is 1. The van der Waals surface area contributed by atoms with Crippen LogP contribution >= 0.6 is 28.1 Å². The van der Waals surface area contributed by atoms with Gasteiger partial charge in [-0.05, 0) is 64.8 Å². The van der Waals surface area contributed by atoms with E-state index in [-0.39, 0.29) is 0 Å². The molecule has 0 amide bonds. The molecule has 21 heavy (non-hydrogen) atoms. The summed E-state index contributed by atoms with van der Waals surface area (Å²) in [6.07, 6.45) is 8.46. The Labute approximate surface area is 139 Å². The number of H-pyrrole nitrogens is 1. The lowest BCUT2D eigenvalue weighted by Crippen LogP contribution is -2.25. The Balaban J connectivity index is 2.00. The highest BCUT2D eigenvalue weighted by atomic mass is 79.9. The van der Waals surface area contributed by atoms with Gasteiger partial charge in [0, 0.05) is 17.2 Å². The summed E-state index contributed by atoms with van der Waals surface area (Å²) in [6, 6.07) is 2.05. The van der Waals surface area contributed by atoms with Gasteiger partial charge in [0.1, 0.15) is 0 Å². The number of hydrogen-bond donors (Lipinski definition) is 1. The topological polar surface area (TPSA) is 33.6 Å². The predicted octanol–water partition coefficient (Wildman–Crippen LogP) is 5.46. The summed E-state index contributed by atoms with van der Waals surface area (Å²) in [5.41, 5.74) is 2.40. The molecule has 0 aromatic carbocycles. The second-order valence-corrected chi connectivity index (χ2v) is 8.15. The zero-order chi connectivity index (χ0) is 15.0. The molecule has 0 unspecified atom stereocenters. The summed E-state index contributed by atoms with van der Waals surface area (Å²) in [5.74, 6) is 0.726. The third-order valence-corrected chi connectivity index (χ3v) is 5.33. The van der Waals surface area contributed by atoms with Crippen molar-refractivity contribution in [3.8, 4) is 0 Å². The predicted molar refractivity (Wildman–Crippen MR) is 93.0 cm³/mol. The van der Waals surface area contributed by atoms with E-state index in [9.17, 15) is 0 Å². The molecule has 1 aliphatic rings. The van der Waals surface area contributed by atoms with Crippen LogP contribution in [-0.4, -0.2) is 14.5 Å². The molecule has 5 heteroatoms. The fraction of sp³-hybridized carbons (Fsp3) is 0.625. The molecule has 0 aliphatic heterocycles. The number of rotatable bonds is 4. The zero-order valence-corrected chi connectivity index (χ0v) is 15.1. The van der Waals surface area contributed by atoms with Gasteiger partial charge >= 0.3 is 0 Å². The van der Waals surface area contributed by atoms with E-state index in [1.54, 1.807) is 0 Å². The molecule has 2 aromatic rings. The maximum absolute atomic E-state index is 5.55. The summed E-state index contributed by atoms with van der Waals surface area (Å²) in [7, 11) is 0. The van der Waals surface area contributed by atoms with Crippen LogP contribution in [0.3, 0.4) is 0 Å². The fourth-order valence-electron chi connectivity index (χ4n) is 3.92. The number of aromatic amines is 1. The largest absolute Gasteiger partial charge is 0.329 e. The quantitative estimate of drug-likeness (QED) is 0.727. The van der Waals surface area contributed by atoms with E-state index in [4.69, 9.17) is 12.2 Å². The van der Waals surface area contributed by atoms with Crippen molar-refractivity contribution in [1.82, 2.24) is 14.5 Å². The van der Waals surface area contributed by atoms with Crippen LogP contribution in [0.5, 0.6) is 0 Å². The van der Waals surface area contributed by atoms with Crippen molar-refractivity contribution in [3.05, 3.63) is 21.5 Å². The average molecular weight is 368 g/mol. The molecule has 3 nitrogen and oxygen atoms in total. The lowest BCUT2D eigenvalue weighted by Gasteiger charge is -2.31. The maximum Gasteiger partial charge on any atom is 0.179 e. The third-order valence-electron chi connectivity index (χ3n) is 4.57. The summed E-state index contributed by atoms with van der Waals surface area (Å²) in [4.78, 5) is 7.87. The second-order valence-electron chi connectivity index (χ2n) is 6.85. The number of hydrogen-bond acceptors (Lipinski definition) is 2. The summed E-state index contributed by atoms with van der Waals surface area (Å²) < 4.78 is 3.99. The molecule has 0 radical (unpaired) electrons. The highest BCUT2D eigenvalue weighted by Gasteiger charge is 2.35. The van der Waals surface area contributed by atoms with Gasteiger partial charge in [0.2, 0.25) is 0 Å². The van der Waals surface area contributed by atoms with Gasteiger partial charge in [0.05, 0.1) is 5.52 Å². The zero-order valence-electron chi connectivity index (χ0n) is 12.7.